The van der Waals surface area contributed by atoms with Crippen LogP contribution >= 0.6 is 24.0 Å². The minimum Gasteiger partial charge on any atom is -0.493 e. The zero-order chi connectivity index (χ0) is 20.4. The van der Waals surface area contributed by atoms with Crippen LogP contribution in [0.3, 0.4) is 0 Å². The molecule has 0 spiro atoms. The minimum atomic E-state index is 0. The van der Waals surface area contributed by atoms with Crippen LogP contribution in [0.25, 0.3) is 0 Å². The predicted molar refractivity (Wildman–Crippen MR) is 132 cm³/mol. The first-order valence-electron chi connectivity index (χ1n) is 10.6. The molecule has 1 saturated carbocycles. The van der Waals surface area contributed by atoms with Crippen LogP contribution < -0.4 is 20.1 Å². The van der Waals surface area contributed by atoms with Crippen LogP contribution in [0, 0.1) is 0 Å². The lowest BCUT2D eigenvalue weighted by Gasteiger charge is -2.23. The first kappa shape index (κ1) is 25.8. The van der Waals surface area contributed by atoms with Crippen molar-refractivity contribution in [3.8, 4) is 11.5 Å². The highest BCUT2D eigenvalue weighted by atomic mass is 127. The molecule has 1 aromatic rings. The van der Waals surface area contributed by atoms with E-state index in [2.05, 4.69) is 48.6 Å². The molecular formula is C22H39IN4O2. The van der Waals surface area contributed by atoms with Crippen LogP contribution in [0.5, 0.6) is 11.5 Å². The van der Waals surface area contributed by atoms with E-state index in [0.717, 1.165) is 56.0 Å². The number of methoxy groups -OCH3 is 1. The zero-order valence-corrected chi connectivity index (χ0v) is 21.0. The molecule has 29 heavy (non-hydrogen) atoms. The molecule has 1 atom stereocenters. The van der Waals surface area contributed by atoms with Crippen molar-refractivity contribution in [2.75, 3.05) is 40.4 Å². The van der Waals surface area contributed by atoms with Gasteiger partial charge in [0, 0.05) is 25.2 Å². The summed E-state index contributed by atoms with van der Waals surface area (Å²) in [7, 11) is 3.88. The molecule has 166 valence electrons. The fourth-order valence-corrected chi connectivity index (χ4v) is 3.18. The van der Waals surface area contributed by atoms with Crippen LogP contribution in [-0.4, -0.2) is 63.3 Å². The molecule has 1 aliphatic rings. The van der Waals surface area contributed by atoms with Gasteiger partial charge < -0.3 is 20.1 Å². The minimum absolute atomic E-state index is 0. The number of ether oxygens (including phenoxy) is 2. The fourth-order valence-electron chi connectivity index (χ4n) is 3.18. The maximum absolute atomic E-state index is 5.67. The molecule has 6 nitrogen and oxygen atoms in total. The standard InChI is InChI=1S/C22H38N4O2.HI/c1-6-23-22(25-16-17(3)26(4)19-11-12-19)24-14-8-9-18-10-13-20(27-5)21(15-18)28-7-2;/h10,13,15,17,19H,6-9,11-12,14,16H2,1-5H3,(H2,23,24,25);1H. The van der Waals surface area contributed by atoms with Crippen LogP contribution in [0.15, 0.2) is 23.2 Å². The van der Waals surface area contributed by atoms with Gasteiger partial charge in [-0.25, -0.2) is 0 Å². The number of aryl methyl sites for hydroxylation is 1. The summed E-state index contributed by atoms with van der Waals surface area (Å²) in [6, 6.07) is 7.41. The van der Waals surface area contributed by atoms with Gasteiger partial charge in [-0.2, -0.15) is 0 Å². The summed E-state index contributed by atoms with van der Waals surface area (Å²) in [6.45, 7) is 9.55. The second-order valence-corrected chi connectivity index (χ2v) is 7.41. The van der Waals surface area contributed by atoms with Gasteiger partial charge in [0.05, 0.1) is 20.3 Å². The van der Waals surface area contributed by atoms with E-state index >= 15 is 0 Å². The van der Waals surface area contributed by atoms with Gasteiger partial charge in [0.2, 0.25) is 0 Å². The Kier molecular flexibility index (Phi) is 12.4. The Morgan fingerprint density at radius 1 is 1.24 bits per heavy atom. The summed E-state index contributed by atoms with van der Waals surface area (Å²) in [6.07, 6.45) is 4.68. The van der Waals surface area contributed by atoms with Crippen molar-refractivity contribution >= 4 is 29.9 Å². The van der Waals surface area contributed by atoms with E-state index in [4.69, 9.17) is 14.5 Å². The molecule has 0 aromatic heterocycles. The SMILES string of the molecule is CCNC(=NCC(C)N(C)C1CC1)NCCCc1ccc(OC)c(OCC)c1.I. The highest BCUT2D eigenvalue weighted by molar-refractivity contribution is 14.0. The molecule has 1 fully saturated rings. The second kappa shape index (κ2) is 13.9. The van der Waals surface area contributed by atoms with Gasteiger partial charge >= 0.3 is 0 Å². The number of rotatable bonds is 12. The highest BCUT2D eigenvalue weighted by Gasteiger charge is 2.28. The Labute approximate surface area is 193 Å². The normalized spacial score (nSPS) is 14.9. The zero-order valence-electron chi connectivity index (χ0n) is 18.7. The number of halogens is 1. The Morgan fingerprint density at radius 2 is 2.00 bits per heavy atom. The molecule has 2 rings (SSSR count). The fraction of sp³-hybridized carbons (Fsp3) is 0.682. The Morgan fingerprint density at radius 3 is 2.62 bits per heavy atom. The number of nitrogens with zero attached hydrogens (tertiary/aromatic N) is 2. The largest absolute Gasteiger partial charge is 0.493 e. The van der Waals surface area contributed by atoms with E-state index in [9.17, 15) is 0 Å². The molecule has 1 unspecified atom stereocenters. The van der Waals surface area contributed by atoms with E-state index in [1.54, 1.807) is 7.11 Å². The van der Waals surface area contributed by atoms with Gasteiger partial charge in [0.1, 0.15) is 0 Å². The number of hydrogen-bond donors (Lipinski definition) is 2. The van der Waals surface area contributed by atoms with Crippen LogP contribution in [0.4, 0.5) is 0 Å². The Hall–Kier alpha value is -1.22. The number of hydrogen-bond acceptors (Lipinski definition) is 4. The summed E-state index contributed by atoms with van der Waals surface area (Å²) < 4.78 is 11.0. The maximum Gasteiger partial charge on any atom is 0.191 e. The summed E-state index contributed by atoms with van der Waals surface area (Å²) >= 11 is 0. The van der Waals surface area contributed by atoms with E-state index in [1.807, 2.05) is 13.0 Å². The van der Waals surface area contributed by atoms with E-state index in [-0.39, 0.29) is 24.0 Å². The van der Waals surface area contributed by atoms with Gasteiger partial charge in [0.15, 0.2) is 17.5 Å². The van der Waals surface area contributed by atoms with Gasteiger partial charge in [-0.15, -0.1) is 24.0 Å². The quantitative estimate of drug-likeness (QED) is 0.191. The van der Waals surface area contributed by atoms with Gasteiger partial charge in [-0.1, -0.05) is 6.07 Å². The molecule has 0 bridgehead atoms. The van der Waals surface area contributed by atoms with Crippen molar-refractivity contribution in [1.82, 2.24) is 15.5 Å². The Balaban J connectivity index is 0.00000420. The van der Waals surface area contributed by atoms with Crippen molar-refractivity contribution in [3.63, 3.8) is 0 Å². The van der Waals surface area contributed by atoms with Gasteiger partial charge in [-0.05, 0) is 71.2 Å². The number of aliphatic imine (C=N–C) groups is 1. The summed E-state index contributed by atoms with van der Waals surface area (Å²) in [4.78, 5) is 7.22. The summed E-state index contributed by atoms with van der Waals surface area (Å²) in [5.41, 5.74) is 1.26. The van der Waals surface area contributed by atoms with Crippen LogP contribution in [0.1, 0.15) is 45.6 Å². The van der Waals surface area contributed by atoms with E-state index in [1.165, 1.54) is 18.4 Å². The number of nitrogens with one attached hydrogen (secondary N) is 2. The molecule has 0 radical (unpaired) electrons. The number of guanidine groups is 1. The van der Waals surface area contributed by atoms with E-state index in [0.29, 0.717) is 12.6 Å². The van der Waals surface area contributed by atoms with Gasteiger partial charge in [0.25, 0.3) is 0 Å². The first-order chi connectivity index (χ1) is 13.6. The van der Waals surface area contributed by atoms with Crippen LogP contribution in [-0.2, 0) is 6.42 Å². The summed E-state index contributed by atoms with van der Waals surface area (Å²) in [5.74, 6) is 2.51. The third-order valence-electron chi connectivity index (χ3n) is 5.14. The molecule has 0 heterocycles. The Bertz CT molecular complexity index is 623. The third kappa shape index (κ3) is 8.99. The third-order valence-corrected chi connectivity index (χ3v) is 5.14. The molecule has 0 aliphatic heterocycles. The smallest absolute Gasteiger partial charge is 0.191 e. The monoisotopic (exact) mass is 518 g/mol. The molecule has 7 heteroatoms. The second-order valence-electron chi connectivity index (χ2n) is 7.41. The van der Waals surface area contributed by atoms with Gasteiger partial charge in [-0.3, -0.25) is 9.89 Å². The van der Waals surface area contributed by atoms with Crippen molar-refractivity contribution in [2.45, 2.75) is 58.5 Å². The first-order valence-corrected chi connectivity index (χ1v) is 10.6. The lowest BCUT2D eigenvalue weighted by molar-refractivity contribution is 0.253. The average Bonchev–Trinajstić information content (AvgIpc) is 3.54. The van der Waals surface area contributed by atoms with Crippen LogP contribution in [0.2, 0.25) is 0 Å². The lowest BCUT2D eigenvalue weighted by Crippen LogP contribution is -2.40. The molecule has 0 amide bonds. The number of benzene rings is 1. The topological polar surface area (TPSA) is 58.1 Å². The van der Waals surface area contributed by atoms with Crippen molar-refractivity contribution in [3.05, 3.63) is 23.8 Å². The predicted octanol–water partition coefficient (Wildman–Crippen LogP) is 3.68. The molecule has 0 saturated heterocycles. The highest BCUT2D eigenvalue weighted by Crippen LogP contribution is 2.28. The van der Waals surface area contributed by atoms with Crippen molar-refractivity contribution < 1.29 is 9.47 Å². The molecule has 1 aliphatic carbocycles. The molecule has 1 aromatic carbocycles. The van der Waals surface area contributed by atoms with Crippen molar-refractivity contribution in [1.29, 1.82) is 0 Å². The molecular weight excluding hydrogens is 479 g/mol. The van der Waals surface area contributed by atoms with E-state index < -0.39 is 0 Å². The lowest BCUT2D eigenvalue weighted by atomic mass is 10.1. The molecule has 2 N–H and O–H groups in total. The maximum atomic E-state index is 5.67. The van der Waals surface area contributed by atoms with Crippen molar-refractivity contribution in [2.24, 2.45) is 4.99 Å². The summed E-state index contributed by atoms with van der Waals surface area (Å²) in [5, 5.41) is 6.80. The number of likely N-dealkylation sites (N-methyl/N-ethyl adjacent to an activating group) is 1. The average molecular weight is 518 g/mol.